The number of rotatable bonds is 5. The molecule has 2 aromatic rings. The van der Waals surface area contributed by atoms with Gasteiger partial charge in [0.2, 0.25) is 0 Å². The van der Waals surface area contributed by atoms with Gasteiger partial charge in [-0.25, -0.2) is 9.48 Å². The number of nitrogens with one attached hydrogen (secondary N) is 2. The molecule has 3 rings (SSSR count). The highest BCUT2D eigenvalue weighted by Crippen LogP contribution is 2.27. The number of hydrogen-bond donors (Lipinski definition) is 2. The Hall–Kier alpha value is -2.97. The second kappa shape index (κ2) is 9.23. The van der Waals surface area contributed by atoms with Gasteiger partial charge in [0.1, 0.15) is 11.9 Å². The van der Waals surface area contributed by atoms with Crippen molar-refractivity contribution in [1.29, 1.82) is 0 Å². The van der Waals surface area contributed by atoms with Crippen LogP contribution >= 0.6 is 0 Å². The standard InChI is InChI=1S/C21H30N6O3/c1-20(2,3)30-19(29)24-21(11-6-4-5-7-12-21)14-22-18(28)16-9-8-10-17(13-16)27-15-23-25-26-27/h8-10,13,15H,4-7,11-12,14H2,1-3H3,(H,22,28)(H,24,29). The third-order valence-electron chi connectivity index (χ3n) is 5.14. The SMILES string of the molecule is CC(C)(C)OC(=O)NC1(CNC(=O)c2cccc(-n3cnnn3)c2)CCCCCC1. The van der Waals surface area contributed by atoms with E-state index < -0.39 is 17.2 Å². The van der Waals surface area contributed by atoms with Crippen LogP contribution in [0.5, 0.6) is 0 Å². The molecule has 9 nitrogen and oxygen atoms in total. The van der Waals surface area contributed by atoms with E-state index in [0.717, 1.165) is 38.5 Å². The summed E-state index contributed by atoms with van der Waals surface area (Å²) in [6, 6.07) is 7.08. The zero-order valence-electron chi connectivity index (χ0n) is 17.9. The number of aromatic nitrogens is 4. The Morgan fingerprint density at radius 2 is 1.90 bits per heavy atom. The van der Waals surface area contributed by atoms with Crippen LogP contribution in [0.15, 0.2) is 30.6 Å². The molecule has 0 aliphatic heterocycles. The molecule has 1 aliphatic rings. The van der Waals surface area contributed by atoms with Crippen molar-refractivity contribution in [2.75, 3.05) is 6.54 Å². The molecule has 1 aromatic heterocycles. The summed E-state index contributed by atoms with van der Waals surface area (Å²) in [4.78, 5) is 25.3. The molecular weight excluding hydrogens is 384 g/mol. The molecular formula is C21H30N6O3. The van der Waals surface area contributed by atoms with Gasteiger partial charge in [-0.2, -0.15) is 0 Å². The van der Waals surface area contributed by atoms with Gasteiger partial charge in [-0.15, -0.1) is 5.10 Å². The Morgan fingerprint density at radius 3 is 2.53 bits per heavy atom. The molecule has 0 unspecified atom stereocenters. The van der Waals surface area contributed by atoms with Crippen molar-refractivity contribution in [2.45, 2.75) is 70.4 Å². The van der Waals surface area contributed by atoms with Crippen molar-refractivity contribution in [3.8, 4) is 5.69 Å². The summed E-state index contributed by atoms with van der Waals surface area (Å²) in [6.07, 6.45) is 6.89. The fourth-order valence-electron chi connectivity index (χ4n) is 3.69. The van der Waals surface area contributed by atoms with E-state index in [0.29, 0.717) is 17.8 Å². The lowest BCUT2D eigenvalue weighted by Crippen LogP contribution is -2.56. The van der Waals surface area contributed by atoms with E-state index in [9.17, 15) is 9.59 Å². The summed E-state index contributed by atoms with van der Waals surface area (Å²) >= 11 is 0. The van der Waals surface area contributed by atoms with Gasteiger partial charge in [0.05, 0.1) is 11.2 Å². The highest BCUT2D eigenvalue weighted by Gasteiger charge is 2.34. The molecule has 0 radical (unpaired) electrons. The van der Waals surface area contributed by atoms with Gasteiger partial charge < -0.3 is 15.4 Å². The predicted octanol–water partition coefficient (Wildman–Crippen LogP) is 3.01. The van der Waals surface area contributed by atoms with Crippen molar-refractivity contribution < 1.29 is 14.3 Å². The Bertz CT molecular complexity index is 852. The Morgan fingerprint density at radius 1 is 1.17 bits per heavy atom. The van der Waals surface area contributed by atoms with Gasteiger partial charge in [-0.3, -0.25) is 4.79 Å². The van der Waals surface area contributed by atoms with Crippen LogP contribution < -0.4 is 10.6 Å². The molecule has 2 amide bonds. The topological polar surface area (TPSA) is 111 Å². The number of alkyl carbamates (subject to hydrolysis) is 1. The quantitative estimate of drug-likeness (QED) is 0.728. The molecule has 1 saturated carbocycles. The number of carbonyl (C=O) groups is 2. The van der Waals surface area contributed by atoms with Crippen LogP contribution in [0.2, 0.25) is 0 Å². The van der Waals surface area contributed by atoms with Crippen molar-refractivity contribution in [1.82, 2.24) is 30.8 Å². The zero-order chi connectivity index (χ0) is 21.6. The van der Waals surface area contributed by atoms with Crippen molar-refractivity contribution >= 4 is 12.0 Å². The maximum absolute atomic E-state index is 12.8. The molecule has 1 aliphatic carbocycles. The average Bonchev–Trinajstić information content (AvgIpc) is 3.13. The smallest absolute Gasteiger partial charge is 0.408 e. The number of benzene rings is 1. The number of amides is 2. The normalized spacial score (nSPS) is 16.4. The molecule has 0 spiro atoms. The van der Waals surface area contributed by atoms with Gasteiger partial charge in [0.25, 0.3) is 5.91 Å². The minimum absolute atomic E-state index is 0.209. The summed E-state index contributed by atoms with van der Waals surface area (Å²) in [6.45, 7) is 5.86. The van der Waals surface area contributed by atoms with Gasteiger partial charge in [-0.1, -0.05) is 31.7 Å². The molecule has 162 valence electrons. The number of hydrogen-bond acceptors (Lipinski definition) is 6. The number of carbonyl (C=O) groups excluding carboxylic acids is 2. The van der Waals surface area contributed by atoms with Gasteiger partial charge in [0, 0.05) is 12.1 Å². The molecule has 1 heterocycles. The van der Waals surface area contributed by atoms with Crippen LogP contribution in [0.4, 0.5) is 4.79 Å². The van der Waals surface area contributed by atoms with Crippen LogP contribution in [-0.2, 0) is 4.74 Å². The van der Waals surface area contributed by atoms with Crippen molar-refractivity contribution in [3.63, 3.8) is 0 Å². The van der Waals surface area contributed by atoms with Crippen LogP contribution in [0.25, 0.3) is 5.69 Å². The highest BCUT2D eigenvalue weighted by molar-refractivity contribution is 5.94. The second-order valence-electron chi connectivity index (χ2n) is 8.81. The third-order valence-corrected chi connectivity index (χ3v) is 5.14. The monoisotopic (exact) mass is 414 g/mol. The van der Waals surface area contributed by atoms with Crippen molar-refractivity contribution in [3.05, 3.63) is 36.2 Å². The summed E-state index contributed by atoms with van der Waals surface area (Å²) in [5.41, 5.74) is 0.116. The van der Waals surface area contributed by atoms with Gasteiger partial charge in [0.15, 0.2) is 0 Å². The maximum Gasteiger partial charge on any atom is 0.408 e. The first-order valence-corrected chi connectivity index (χ1v) is 10.4. The molecule has 30 heavy (non-hydrogen) atoms. The largest absolute Gasteiger partial charge is 0.444 e. The minimum Gasteiger partial charge on any atom is -0.444 e. The average molecular weight is 415 g/mol. The van der Waals surface area contributed by atoms with Crippen LogP contribution in [0.1, 0.15) is 69.7 Å². The predicted molar refractivity (Wildman–Crippen MR) is 111 cm³/mol. The molecule has 0 bridgehead atoms. The van der Waals surface area contributed by atoms with E-state index in [1.807, 2.05) is 26.8 Å². The second-order valence-corrected chi connectivity index (χ2v) is 8.81. The van der Waals surface area contributed by atoms with E-state index >= 15 is 0 Å². The summed E-state index contributed by atoms with van der Waals surface area (Å²) in [5, 5.41) is 17.2. The number of ether oxygens (including phenoxy) is 1. The van der Waals surface area contributed by atoms with E-state index in [2.05, 4.69) is 26.2 Å². The summed E-state index contributed by atoms with van der Waals surface area (Å²) < 4.78 is 6.96. The van der Waals surface area contributed by atoms with E-state index in [1.165, 1.54) is 11.0 Å². The van der Waals surface area contributed by atoms with E-state index in [-0.39, 0.29) is 5.91 Å². The summed E-state index contributed by atoms with van der Waals surface area (Å²) in [5.74, 6) is -0.209. The Labute approximate surface area is 176 Å². The molecule has 2 N–H and O–H groups in total. The molecule has 1 fully saturated rings. The third kappa shape index (κ3) is 6.01. The van der Waals surface area contributed by atoms with Crippen molar-refractivity contribution in [2.24, 2.45) is 0 Å². The molecule has 0 saturated heterocycles. The Kier molecular flexibility index (Phi) is 6.69. The lowest BCUT2D eigenvalue weighted by atomic mass is 9.90. The number of tetrazole rings is 1. The first-order chi connectivity index (χ1) is 14.3. The molecule has 0 atom stereocenters. The van der Waals surface area contributed by atoms with Crippen LogP contribution in [-0.4, -0.2) is 49.9 Å². The fraction of sp³-hybridized carbons (Fsp3) is 0.571. The van der Waals surface area contributed by atoms with Crippen LogP contribution in [0.3, 0.4) is 0 Å². The lowest BCUT2D eigenvalue weighted by molar-refractivity contribution is 0.0437. The van der Waals surface area contributed by atoms with E-state index in [4.69, 9.17) is 4.74 Å². The van der Waals surface area contributed by atoms with Gasteiger partial charge >= 0.3 is 6.09 Å². The molecule has 9 heteroatoms. The van der Waals surface area contributed by atoms with Crippen LogP contribution in [0, 0.1) is 0 Å². The van der Waals surface area contributed by atoms with Gasteiger partial charge in [-0.05, 0) is 62.2 Å². The fourth-order valence-corrected chi connectivity index (χ4v) is 3.69. The molecule has 1 aromatic carbocycles. The van der Waals surface area contributed by atoms with E-state index in [1.54, 1.807) is 18.2 Å². The maximum atomic E-state index is 12.8. The Balaban J connectivity index is 1.70. The first kappa shape index (κ1) is 21.7. The zero-order valence-corrected chi connectivity index (χ0v) is 17.9. The number of nitrogens with zero attached hydrogens (tertiary/aromatic N) is 4. The lowest BCUT2D eigenvalue weighted by Gasteiger charge is -2.35. The summed E-state index contributed by atoms with van der Waals surface area (Å²) in [7, 11) is 0. The highest BCUT2D eigenvalue weighted by atomic mass is 16.6. The first-order valence-electron chi connectivity index (χ1n) is 10.4. The minimum atomic E-state index is -0.574.